The van der Waals surface area contributed by atoms with Crippen LogP contribution in [0, 0.1) is 10.1 Å². The van der Waals surface area contributed by atoms with Gasteiger partial charge in [0.2, 0.25) is 5.75 Å². The Morgan fingerprint density at radius 3 is 2.60 bits per heavy atom. The zero-order valence-electron chi connectivity index (χ0n) is 24.7. The minimum atomic E-state index is -1.30. The van der Waals surface area contributed by atoms with Crippen molar-refractivity contribution in [3.8, 4) is 17.2 Å². The number of nitro groups is 1. The molecule has 2 atom stereocenters. The van der Waals surface area contributed by atoms with Crippen LogP contribution in [0.4, 0.5) is 10.5 Å². The molecule has 0 unspecified atom stereocenters. The number of amides is 2. The van der Waals surface area contributed by atoms with Crippen molar-refractivity contribution < 1.29 is 48.1 Å². The third-order valence-corrected chi connectivity index (χ3v) is 6.58. The average molecular weight is 694 g/mol. The lowest BCUT2D eigenvalue weighted by Gasteiger charge is -2.28. The van der Waals surface area contributed by atoms with Crippen molar-refractivity contribution in [1.29, 1.82) is 0 Å². The number of ether oxygens (including phenoxy) is 5. The Balaban J connectivity index is 1.68. The summed E-state index contributed by atoms with van der Waals surface area (Å²) in [5, 5.41) is 31.1. The minimum absolute atomic E-state index is 0.140. The van der Waals surface area contributed by atoms with E-state index >= 15 is 0 Å². The van der Waals surface area contributed by atoms with Crippen LogP contribution < -0.4 is 30.3 Å². The Labute approximate surface area is 266 Å². The highest BCUT2D eigenvalue weighted by molar-refractivity contribution is 9.10. The van der Waals surface area contributed by atoms with Crippen molar-refractivity contribution >= 4 is 45.8 Å². The Morgan fingerprint density at radius 1 is 1.18 bits per heavy atom. The first-order valence-corrected chi connectivity index (χ1v) is 14.3. The van der Waals surface area contributed by atoms with Gasteiger partial charge in [-0.25, -0.2) is 14.4 Å². The molecular formula is C28H32BrN5O11. The number of hydrogen-bond donors (Lipinski definition) is 4. The Hall–Kier alpha value is -4.90. The number of carbonyl (C=O) groups excluding carboxylic acids is 3. The van der Waals surface area contributed by atoms with Crippen LogP contribution in [-0.2, 0) is 19.1 Å². The predicted molar refractivity (Wildman–Crippen MR) is 162 cm³/mol. The first-order valence-electron chi connectivity index (χ1n) is 13.5. The molecular weight excluding hydrogens is 662 g/mol. The van der Waals surface area contributed by atoms with E-state index in [9.17, 15) is 29.6 Å². The number of esters is 2. The lowest BCUT2D eigenvalue weighted by atomic mass is 9.95. The number of halogens is 1. The molecule has 4 N–H and O–H groups in total. The highest BCUT2D eigenvalue weighted by atomic mass is 79.9. The van der Waals surface area contributed by atoms with E-state index < -0.39 is 47.5 Å². The van der Waals surface area contributed by atoms with E-state index in [1.807, 2.05) is 0 Å². The van der Waals surface area contributed by atoms with Gasteiger partial charge < -0.3 is 39.4 Å². The number of aliphatic hydroxyl groups is 1. The number of methoxy groups -OCH3 is 1. The molecule has 2 amide bonds. The molecule has 3 rings (SSSR count). The highest BCUT2D eigenvalue weighted by Crippen LogP contribution is 2.37. The number of hydrogen-bond acceptors (Lipinski definition) is 13. The first-order chi connectivity index (χ1) is 21.5. The normalized spacial score (nSPS) is 15.1. The Bertz CT molecular complexity index is 1500. The molecule has 0 aliphatic carbocycles. The van der Waals surface area contributed by atoms with E-state index in [0.29, 0.717) is 17.0 Å². The van der Waals surface area contributed by atoms with Gasteiger partial charge in [0.25, 0.3) is 0 Å². The summed E-state index contributed by atoms with van der Waals surface area (Å²) in [4.78, 5) is 47.1. The number of nitrogens with one attached hydrogen (secondary N) is 3. The summed E-state index contributed by atoms with van der Waals surface area (Å²) < 4.78 is 26.5. The van der Waals surface area contributed by atoms with Gasteiger partial charge in [-0.05, 0) is 60.5 Å². The topological polar surface area (TPSA) is 209 Å². The molecule has 1 heterocycles. The SMILES string of the molecule is CCOC(=O)COc1c(Br)cc(/C=N/N[C@H](O)COc2ccc([C@@H]3NC(=O)NC(C)=C3C(=O)OC)cc2OCC)cc1[N+](=O)[O-]. The summed E-state index contributed by atoms with van der Waals surface area (Å²) in [5.74, 6) is -0.882. The van der Waals surface area contributed by atoms with Crippen molar-refractivity contribution in [3.63, 3.8) is 0 Å². The molecule has 2 aromatic rings. The van der Waals surface area contributed by atoms with Crippen molar-refractivity contribution in [2.24, 2.45) is 5.10 Å². The first kappa shape index (κ1) is 34.6. The van der Waals surface area contributed by atoms with Crippen LogP contribution in [0.25, 0.3) is 0 Å². The predicted octanol–water partition coefficient (Wildman–Crippen LogP) is 2.82. The average Bonchev–Trinajstić information content (AvgIpc) is 2.99. The summed E-state index contributed by atoms with van der Waals surface area (Å²) in [6.07, 6.45) is -0.0700. The number of urea groups is 1. The number of nitro benzene ring substituents is 1. The molecule has 2 aromatic carbocycles. The minimum Gasteiger partial charge on any atom is -0.490 e. The number of carbonyl (C=O) groups is 3. The highest BCUT2D eigenvalue weighted by Gasteiger charge is 2.32. The van der Waals surface area contributed by atoms with Gasteiger partial charge in [0.15, 0.2) is 24.3 Å². The number of benzene rings is 2. The van der Waals surface area contributed by atoms with Crippen molar-refractivity contribution in [3.05, 3.63) is 67.3 Å². The molecule has 1 aliphatic heterocycles. The van der Waals surface area contributed by atoms with Gasteiger partial charge in [0, 0.05) is 17.3 Å². The van der Waals surface area contributed by atoms with Crippen molar-refractivity contribution in [2.75, 3.05) is 33.5 Å². The summed E-state index contributed by atoms with van der Waals surface area (Å²) >= 11 is 3.20. The van der Waals surface area contributed by atoms with Gasteiger partial charge in [-0.2, -0.15) is 5.10 Å². The second-order valence-electron chi connectivity index (χ2n) is 9.12. The molecule has 1 aliphatic rings. The largest absolute Gasteiger partial charge is 0.490 e. The summed E-state index contributed by atoms with van der Waals surface area (Å²) in [7, 11) is 1.24. The van der Waals surface area contributed by atoms with Gasteiger partial charge in [0.05, 0.1) is 47.5 Å². The number of hydrazone groups is 1. The third kappa shape index (κ3) is 9.29. The second kappa shape index (κ2) is 16.2. The summed E-state index contributed by atoms with van der Waals surface area (Å²) in [6, 6.07) is 6.17. The van der Waals surface area contributed by atoms with Gasteiger partial charge in [-0.1, -0.05) is 6.07 Å². The molecule has 0 saturated heterocycles. The van der Waals surface area contributed by atoms with E-state index in [1.165, 1.54) is 25.5 Å². The van der Waals surface area contributed by atoms with Crippen LogP contribution >= 0.6 is 15.9 Å². The second-order valence-corrected chi connectivity index (χ2v) is 9.97. The molecule has 0 radical (unpaired) electrons. The quantitative estimate of drug-likeness (QED) is 0.0698. The molecule has 0 spiro atoms. The maximum Gasteiger partial charge on any atom is 0.344 e. The number of rotatable bonds is 15. The zero-order chi connectivity index (χ0) is 33.1. The van der Waals surface area contributed by atoms with Crippen LogP contribution in [-0.4, -0.2) is 74.0 Å². The molecule has 0 fully saturated rings. The lowest BCUT2D eigenvalue weighted by Crippen LogP contribution is -2.45. The molecule has 45 heavy (non-hydrogen) atoms. The van der Waals surface area contributed by atoms with E-state index in [-0.39, 0.29) is 46.9 Å². The molecule has 16 nitrogen and oxygen atoms in total. The van der Waals surface area contributed by atoms with Crippen LogP contribution in [0.3, 0.4) is 0 Å². The van der Waals surface area contributed by atoms with Gasteiger partial charge in [0.1, 0.15) is 6.61 Å². The van der Waals surface area contributed by atoms with Gasteiger partial charge in [-0.15, -0.1) is 0 Å². The van der Waals surface area contributed by atoms with Crippen LogP contribution in [0.2, 0.25) is 0 Å². The summed E-state index contributed by atoms with van der Waals surface area (Å²) in [5.41, 5.74) is 3.43. The molecule has 242 valence electrons. The van der Waals surface area contributed by atoms with E-state index in [2.05, 4.69) is 37.1 Å². The smallest absolute Gasteiger partial charge is 0.344 e. The van der Waals surface area contributed by atoms with Crippen LogP contribution in [0.1, 0.15) is 37.9 Å². The number of aliphatic hydroxyl groups excluding tert-OH is 1. The van der Waals surface area contributed by atoms with E-state index in [1.54, 1.807) is 39.0 Å². The van der Waals surface area contributed by atoms with Crippen LogP contribution in [0.5, 0.6) is 17.2 Å². The van der Waals surface area contributed by atoms with Crippen molar-refractivity contribution in [1.82, 2.24) is 16.1 Å². The van der Waals surface area contributed by atoms with Gasteiger partial charge in [-0.3, -0.25) is 15.5 Å². The third-order valence-electron chi connectivity index (χ3n) is 5.99. The molecule has 0 saturated carbocycles. The molecule has 17 heteroatoms. The monoisotopic (exact) mass is 693 g/mol. The fourth-order valence-electron chi connectivity index (χ4n) is 4.11. The van der Waals surface area contributed by atoms with Crippen LogP contribution in [0.15, 0.2) is 51.2 Å². The molecule has 0 bridgehead atoms. The van der Waals surface area contributed by atoms with Crippen molar-refractivity contribution in [2.45, 2.75) is 33.0 Å². The maximum atomic E-state index is 12.4. The van der Waals surface area contributed by atoms with E-state index in [4.69, 9.17) is 23.7 Å². The Morgan fingerprint density at radius 2 is 1.93 bits per heavy atom. The standard InChI is InChI=1S/C28H32BrN5O11/c1-5-42-21-11-17(25-24(27(37)41-4)15(3)31-28(38)32-25)7-8-20(21)44-13-22(35)33-30-12-16-9-18(29)26(19(10-16)34(39)40)45-14-23(36)43-6-2/h7-12,22,25,33,35H,5-6,13-14H2,1-4H3,(H2,31,32,38)/b30-12+/t22-,25+/m1/s1. The van der Waals surface area contributed by atoms with E-state index in [0.717, 1.165) is 0 Å². The Kier molecular flexibility index (Phi) is 12.5. The fraction of sp³-hybridized carbons (Fsp3) is 0.357. The maximum absolute atomic E-state index is 12.4. The number of nitrogens with zero attached hydrogens (tertiary/aromatic N) is 2. The molecule has 0 aromatic heterocycles. The summed E-state index contributed by atoms with van der Waals surface area (Å²) in [6.45, 7) is 4.60. The lowest BCUT2D eigenvalue weighted by molar-refractivity contribution is -0.385. The fourth-order valence-corrected chi connectivity index (χ4v) is 4.69. The number of allylic oxidation sites excluding steroid dienone is 1. The zero-order valence-corrected chi connectivity index (χ0v) is 26.3. The van der Waals surface area contributed by atoms with Gasteiger partial charge >= 0.3 is 23.7 Å².